The highest BCUT2D eigenvalue weighted by atomic mass is 31.1. The van der Waals surface area contributed by atoms with Crippen LogP contribution in [0.3, 0.4) is 0 Å². The van der Waals surface area contributed by atoms with E-state index in [2.05, 4.69) is 62.4 Å². The third-order valence-electron chi connectivity index (χ3n) is 4.73. The van der Waals surface area contributed by atoms with Crippen molar-refractivity contribution in [3.63, 3.8) is 0 Å². The van der Waals surface area contributed by atoms with Crippen LogP contribution in [0, 0.1) is 5.92 Å². The van der Waals surface area contributed by atoms with Gasteiger partial charge >= 0.3 is 0 Å². The maximum absolute atomic E-state index is 6.63. The SMILES string of the molecule is CC(C)[C@@H]1COC(c2ccccc2OP(c2ccccc2)c2ccccc2)=N1. The third kappa shape index (κ3) is 4.10. The predicted molar refractivity (Wildman–Crippen MR) is 117 cm³/mol. The van der Waals surface area contributed by atoms with Crippen LogP contribution < -0.4 is 15.1 Å². The Morgan fingerprint density at radius 1 is 0.857 bits per heavy atom. The normalized spacial score (nSPS) is 16.1. The first-order chi connectivity index (χ1) is 13.7. The van der Waals surface area contributed by atoms with Gasteiger partial charge in [-0.25, -0.2) is 4.99 Å². The van der Waals surface area contributed by atoms with Gasteiger partial charge in [0.25, 0.3) is 0 Å². The second kappa shape index (κ2) is 8.58. The van der Waals surface area contributed by atoms with Gasteiger partial charge in [0.05, 0.1) is 11.6 Å². The van der Waals surface area contributed by atoms with Gasteiger partial charge in [0.1, 0.15) is 12.4 Å². The summed E-state index contributed by atoms with van der Waals surface area (Å²) < 4.78 is 12.6. The summed E-state index contributed by atoms with van der Waals surface area (Å²) in [6.45, 7) is 4.98. The molecule has 1 aliphatic rings. The lowest BCUT2D eigenvalue weighted by molar-refractivity contribution is 0.291. The van der Waals surface area contributed by atoms with Crippen LogP contribution in [0.2, 0.25) is 0 Å². The molecule has 0 radical (unpaired) electrons. The fraction of sp³-hybridized carbons (Fsp3) is 0.208. The second-order valence-electron chi connectivity index (χ2n) is 7.11. The molecule has 1 aliphatic heterocycles. The number of aliphatic imine (C=N–C) groups is 1. The van der Waals surface area contributed by atoms with Gasteiger partial charge in [0, 0.05) is 10.6 Å². The van der Waals surface area contributed by atoms with Crippen LogP contribution in [0.5, 0.6) is 5.75 Å². The van der Waals surface area contributed by atoms with Gasteiger partial charge in [-0.3, -0.25) is 0 Å². The maximum atomic E-state index is 6.63. The monoisotopic (exact) mass is 389 g/mol. The van der Waals surface area contributed by atoms with E-state index in [1.165, 1.54) is 10.6 Å². The number of benzene rings is 3. The zero-order valence-corrected chi connectivity index (χ0v) is 17.1. The van der Waals surface area contributed by atoms with Crippen molar-refractivity contribution < 1.29 is 9.26 Å². The molecule has 3 aromatic carbocycles. The first-order valence-electron chi connectivity index (χ1n) is 9.60. The van der Waals surface area contributed by atoms with E-state index >= 15 is 0 Å². The van der Waals surface area contributed by atoms with E-state index in [1.807, 2.05) is 36.4 Å². The smallest absolute Gasteiger partial charge is 0.220 e. The minimum absolute atomic E-state index is 0.202. The van der Waals surface area contributed by atoms with Crippen LogP contribution in [0.1, 0.15) is 19.4 Å². The highest BCUT2D eigenvalue weighted by molar-refractivity contribution is 7.68. The van der Waals surface area contributed by atoms with E-state index in [4.69, 9.17) is 14.3 Å². The van der Waals surface area contributed by atoms with Gasteiger partial charge < -0.3 is 9.26 Å². The van der Waals surface area contributed by atoms with E-state index in [1.54, 1.807) is 0 Å². The Kier molecular flexibility index (Phi) is 5.73. The molecule has 0 bridgehead atoms. The van der Waals surface area contributed by atoms with Crippen molar-refractivity contribution in [1.29, 1.82) is 0 Å². The van der Waals surface area contributed by atoms with Crippen molar-refractivity contribution in [3.05, 3.63) is 90.5 Å². The summed E-state index contributed by atoms with van der Waals surface area (Å²) in [6.07, 6.45) is 0. The molecule has 0 N–H and O–H groups in total. The Morgan fingerprint density at radius 3 is 2.00 bits per heavy atom. The summed E-state index contributed by atoms with van der Waals surface area (Å²) in [5.41, 5.74) is 0.921. The molecule has 0 saturated heterocycles. The summed E-state index contributed by atoms with van der Waals surface area (Å²) in [5, 5.41) is 2.35. The third-order valence-corrected chi connectivity index (χ3v) is 6.65. The molecular weight excluding hydrogens is 365 g/mol. The van der Waals surface area contributed by atoms with Crippen molar-refractivity contribution in [2.24, 2.45) is 10.9 Å². The van der Waals surface area contributed by atoms with Crippen molar-refractivity contribution in [2.45, 2.75) is 19.9 Å². The molecule has 0 fully saturated rings. The Balaban J connectivity index is 1.70. The van der Waals surface area contributed by atoms with Gasteiger partial charge in [-0.15, -0.1) is 0 Å². The van der Waals surface area contributed by atoms with Gasteiger partial charge in [0.15, 0.2) is 8.15 Å². The highest BCUT2D eigenvalue weighted by Crippen LogP contribution is 2.38. The van der Waals surface area contributed by atoms with Gasteiger partial charge in [-0.2, -0.15) is 0 Å². The molecule has 3 nitrogen and oxygen atoms in total. The average molecular weight is 389 g/mol. The van der Waals surface area contributed by atoms with Crippen LogP contribution in [0.15, 0.2) is 89.9 Å². The lowest BCUT2D eigenvalue weighted by Crippen LogP contribution is -2.16. The molecule has 0 spiro atoms. The lowest BCUT2D eigenvalue weighted by Gasteiger charge is -2.21. The van der Waals surface area contributed by atoms with Crippen molar-refractivity contribution in [1.82, 2.24) is 0 Å². The molecule has 4 heteroatoms. The van der Waals surface area contributed by atoms with E-state index in [0.717, 1.165) is 11.3 Å². The topological polar surface area (TPSA) is 30.8 Å². The fourth-order valence-corrected chi connectivity index (χ4v) is 4.83. The molecule has 4 rings (SSSR count). The first kappa shape index (κ1) is 18.7. The highest BCUT2D eigenvalue weighted by Gasteiger charge is 2.26. The average Bonchev–Trinajstić information content (AvgIpc) is 3.24. The van der Waals surface area contributed by atoms with Crippen LogP contribution in [-0.4, -0.2) is 18.5 Å². The van der Waals surface area contributed by atoms with Gasteiger partial charge in [0.2, 0.25) is 5.90 Å². The summed E-state index contributed by atoms with van der Waals surface area (Å²) in [5.74, 6) is 1.95. The summed E-state index contributed by atoms with van der Waals surface area (Å²) in [4.78, 5) is 4.79. The predicted octanol–water partition coefficient (Wildman–Crippen LogP) is 4.91. The van der Waals surface area contributed by atoms with Crippen LogP contribution in [-0.2, 0) is 4.74 Å². The Hall–Kier alpha value is -2.64. The summed E-state index contributed by atoms with van der Waals surface area (Å²) >= 11 is 0. The number of para-hydroxylation sites is 1. The first-order valence-corrected chi connectivity index (χ1v) is 10.9. The minimum Gasteiger partial charge on any atom is -0.475 e. The molecular formula is C24H24NO2P. The van der Waals surface area contributed by atoms with Crippen molar-refractivity contribution in [2.75, 3.05) is 6.61 Å². The molecule has 0 amide bonds. The zero-order valence-electron chi connectivity index (χ0n) is 16.2. The molecule has 1 heterocycles. The lowest BCUT2D eigenvalue weighted by atomic mass is 10.1. The van der Waals surface area contributed by atoms with E-state index in [0.29, 0.717) is 18.4 Å². The largest absolute Gasteiger partial charge is 0.475 e. The molecule has 0 saturated carbocycles. The standard InChI is InChI=1S/C24H24NO2P/c1-18(2)22-17-26-24(25-22)21-15-9-10-16-23(21)27-28(19-11-5-3-6-12-19)20-13-7-4-8-14-20/h3-16,18,22H,17H2,1-2H3/t22-/m0/s1. The van der Waals surface area contributed by atoms with Crippen LogP contribution >= 0.6 is 8.15 Å². The van der Waals surface area contributed by atoms with E-state index in [9.17, 15) is 0 Å². The second-order valence-corrected chi connectivity index (χ2v) is 8.91. The Bertz CT molecular complexity index is 902. The summed E-state index contributed by atoms with van der Waals surface area (Å²) in [7, 11) is -0.992. The Labute approximate surface area is 167 Å². The van der Waals surface area contributed by atoms with E-state index in [-0.39, 0.29) is 6.04 Å². The van der Waals surface area contributed by atoms with Gasteiger partial charge in [-0.1, -0.05) is 86.6 Å². The molecule has 0 aliphatic carbocycles. The molecule has 0 unspecified atom stereocenters. The number of ether oxygens (including phenoxy) is 1. The summed E-state index contributed by atoms with van der Waals surface area (Å²) in [6, 6.07) is 29.0. The Morgan fingerprint density at radius 2 is 1.43 bits per heavy atom. The number of nitrogens with zero attached hydrogens (tertiary/aromatic N) is 1. The number of hydrogen-bond acceptors (Lipinski definition) is 3. The van der Waals surface area contributed by atoms with Gasteiger partial charge in [-0.05, 0) is 18.1 Å². The number of rotatable bonds is 6. The van der Waals surface area contributed by atoms with Crippen LogP contribution in [0.25, 0.3) is 0 Å². The zero-order chi connectivity index (χ0) is 19.3. The van der Waals surface area contributed by atoms with Crippen molar-refractivity contribution in [3.8, 4) is 5.75 Å². The van der Waals surface area contributed by atoms with Crippen LogP contribution in [0.4, 0.5) is 0 Å². The molecule has 3 aromatic rings. The number of hydrogen-bond donors (Lipinski definition) is 0. The maximum Gasteiger partial charge on any atom is 0.220 e. The van der Waals surface area contributed by atoms with E-state index < -0.39 is 8.15 Å². The fourth-order valence-electron chi connectivity index (χ4n) is 3.08. The van der Waals surface area contributed by atoms with Crippen molar-refractivity contribution >= 4 is 24.7 Å². The molecule has 1 atom stereocenters. The molecule has 142 valence electrons. The quantitative estimate of drug-likeness (QED) is 0.561. The molecule has 0 aromatic heterocycles. The minimum atomic E-state index is -0.992. The molecule has 28 heavy (non-hydrogen) atoms.